The quantitative estimate of drug-likeness (QED) is 0.0796. The Morgan fingerprint density at radius 2 is 1.77 bits per heavy atom. The third kappa shape index (κ3) is 13.0. The van der Waals surface area contributed by atoms with Crippen molar-refractivity contribution in [3.63, 3.8) is 0 Å². The van der Waals surface area contributed by atoms with Crippen LogP contribution in [0.3, 0.4) is 0 Å². The number of hydrogen-bond acceptors (Lipinski definition) is 10. The molecule has 35 heavy (non-hydrogen) atoms. The van der Waals surface area contributed by atoms with Crippen LogP contribution in [0.5, 0.6) is 0 Å². The molecule has 13 heteroatoms. The van der Waals surface area contributed by atoms with Crippen LogP contribution in [-0.4, -0.2) is 64.9 Å². The number of esters is 1. The number of carbonyl (C=O) groups is 2. The number of benzene rings is 1. The lowest BCUT2D eigenvalue weighted by Gasteiger charge is -2.32. The summed E-state index contributed by atoms with van der Waals surface area (Å²) in [4.78, 5) is 26.8. The van der Waals surface area contributed by atoms with Gasteiger partial charge in [-0.15, -0.1) is 0 Å². The third-order valence-corrected chi connectivity index (χ3v) is 5.65. The van der Waals surface area contributed by atoms with E-state index >= 15 is 0 Å². The van der Waals surface area contributed by atoms with Gasteiger partial charge in [-0.25, -0.2) is 9.59 Å². The number of ether oxygens (including phenoxy) is 4. The summed E-state index contributed by atoms with van der Waals surface area (Å²) in [6.45, 7) is 5.81. The van der Waals surface area contributed by atoms with Crippen molar-refractivity contribution in [2.45, 2.75) is 52.9 Å². The summed E-state index contributed by atoms with van der Waals surface area (Å²) in [7, 11) is -3.92. The third-order valence-electron chi connectivity index (χ3n) is 4.39. The Morgan fingerprint density at radius 1 is 1.11 bits per heavy atom. The van der Waals surface area contributed by atoms with E-state index in [-0.39, 0.29) is 51.2 Å². The molecule has 0 bridgehead atoms. The average Bonchev–Trinajstić information content (AvgIpc) is 2.79. The van der Waals surface area contributed by atoms with E-state index in [1.54, 1.807) is 27.7 Å². The van der Waals surface area contributed by atoms with Crippen LogP contribution in [0.15, 0.2) is 35.4 Å². The first-order valence-electron chi connectivity index (χ1n) is 11.0. The van der Waals surface area contributed by atoms with Gasteiger partial charge in [0.15, 0.2) is 6.10 Å². The van der Waals surface area contributed by atoms with Gasteiger partial charge in [-0.2, -0.15) is 8.42 Å². The van der Waals surface area contributed by atoms with Gasteiger partial charge in [0.2, 0.25) is 0 Å². The molecule has 0 amide bonds. The number of azide groups is 1. The van der Waals surface area contributed by atoms with E-state index < -0.39 is 33.8 Å². The van der Waals surface area contributed by atoms with Crippen LogP contribution >= 0.6 is 0 Å². The molecule has 0 aromatic heterocycles. The van der Waals surface area contributed by atoms with Gasteiger partial charge >= 0.3 is 12.1 Å². The van der Waals surface area contributed by atoms with Crippen LogP contribution in [0.4, 0.5) is 4.79 Å². The molecule has 0 aliphatic carbocycles. The topological polar surface area (TPSA) is 163 Å². The lowest BCUT2D eigenvalue weighted by Crippen LogP contribution is -2.44. The Bertz CT molecular complexity index is 946. The number of rotatable bonds is 16. The lowest BCUT2D eigenvalue weighted by molar-refractivity contribution is -0.170. The van der Waals surface area contributed by atoms with Gasteiger partial charge < -0.3 is 18.9 Å². The smallest absolute Gasteiger partial charge is 0.460 e. The molecular weight excluding hydrogens is 482 g/mol. The van der Waals surface area contributed by atoms with Crippen molar-refractivity contribution in [2.75, 3.05) is 32.1 Å². The van der Waals surface area contributed by atoms with Crippen molar-refractivity contribution >= 4 is 22.2 Å². The second-order valence-electron chi connectivity index (χ2n) is 8.43. The Kier molecular flexibility index (Phi) is 13.1. The van der Waals surface area contributed by atoms with Crippen molar-refractivity contribution in [3.05, 3.63) is 46.3 Å². The van der Waals surface area contributed by atoms with Gasteiger partial charge in [-0.1, -0.05) is 49.3 Å². The monoisotopic (exact) mass is 515 g/mol. The van der Waals surface area contributed by atoms with Crippen LogP contribution in [0.1, 0.15) is 39.7 Å². The summed E-state index contributed by atoms with van der Waals surface area (Å²) in [6, 6.07) is 9.10. The van der Waals surface area contributed by atoms with Gasteiger partial charge in [0.05, 0.1) is 25.1 Å². The van der Waals surface area contributed by atoms with Gasteiger partial charge in [-0.05, 0) is 31.4 Å². The molecular formula is C22H33N3O9S. The van der Waals surface area contributed by atoms with E-state index in [1.165, 1.54) is 0 Å². The molecule has 0 fully saturated rings. The Morgan fingerprint density at radius 3 is 2.40 bits per heavy atom. The summed E-state index contributed by atoms with van der Waals surface area (Å²) in [5, 5.41) is 3.29. The minimum absolute atomic E-state index is 0.0183. The predicted molar refractivity (Wildman–Crippen MR) is 126 cm³/mol. The number of nitrogens with zero attached hydrogens (tertiary/aromatic N) is 3. The summed E-state index contributed by atoms with van der Waals surface area (Å²) in [6.07, 6.45) is -2.32. The molecule has 0 radical (unpaired) electrons. The van der Waals surface area contributed by atoms with Crippen LogP contribution in [0, 0.1) is 5.41 Å². The molecule has 1 aromatic carbocycles. The fourth-order valence-electron chi connectivity index (χ4n) is 2.67. The first-order chi connectivity index (χ1) is 16.5. The molecule has 196 valence electrons. The average molecular weight is 516 g/mol. The zero-order valence-corrected chi connectivity index (χ0v) is 21.2. The standard InChI is InChI=1S/C22H33N3O9S/c1-17(2)34-21(27)31-13-12-30-20(26)19(32-15-18-9-6-5-7-10-18)22(3,4)16-33-35(28,29)14-8-11-24-25-23/h5-7,9-10,17,19H,8,11-16H2,1-4H3/t19-/m0/s1. The largest absolute Gasteiger partial charge is 0.508 e. The Hall–Kier alpha value is -2.86. The van der Waals surface area contributed by atoms with Gasteiger partial charge in [0.25, 0.3) is 10.1 Å². The van der Waals surface area contributed by atoms with E-state index in [0.29, 0.717) is 0 Å². The number of hydrogen-bond donors (Lipinski definition) is 0. The van der Waals surface area contributed by atoms with Crippen molar-refractivity contribution in [3.8, 4) is 0 Å². The van der Waals surface area contributed by atoms with E-state index in [4.69, 9.17) is 28.7 Å². The molecule has 0 saturated carbocycles. The molecule has 1 rings (SSSR count). The maximum atomic E-state index is 12.8. The molecule has 0 aliphatic heterocycles. The molecule has 0 unspecified atom stereocenters. The normalized spacial score (nSPS) is 12.5. The highest BCUT2D eigenvalue weighted by atomic mass is 32.2. The summed E-state index contributed by atoms with van der Waals surface area (Å²) in [5.41, 5.74) is 7.97. The maximum absolute atomic E-state index is 12.8. The first-order valence-corrected chi connectivity index (χ1v) is 12.6. The highest BCUT2D eigenvalue weighted by molar-refractivity contribution is 7.86. The zero-order valence-electron chi connectivity index (χ0n) is 20.4. The second kappa shape index (κ2) is 15.2. The first kappa shape index (κ1) is 30.2. The minimum atomic E-state index is -3.92. The van der Waals surface area contributed by atoms with Crippen LogP contribution in [-0.2, 0) is 44.7 Å². The van der Waals surface area contributed by atoms with E-state index in [0.717, 1.165) is 5.56 Å². The Balaban J connectivity index is 2.78. The maximum Gasteiger partial charge on any atom is 0.508 e. The van der Waals surface area contributed by atoms with Gasteiger partial charge in [-0.3, -0.25) is 4.18 Å². The van der Waals surface area contributed by atoms with Crippen LogP contribution in [0.2, 0.25) is 0 Å². The lowest BCUT2D eigenvalue weighted by atomic mass is 9.87. The fraction of sp³-hybridized carbons (Fsp3) is 0.636. The van der Waals surface area contributed by atoms with E-state index in [9.17, 15) is 18.0 Å². The highest BCUT2D eigenvalue weighted by Gasteiger charge is 2.39. The molecule has 0 N–H and O–H groups in total. The van der Waals surface area contributed by atoms with Crippen LogP contribution < -0.4 is 0 Å². The van der Waals surface area contributed by atoms with Crippen LogP contribution in [0.25, 0.3) is 10.4 Å². The molecule has 12 nitrogen and oxygen atoms in total. The Labute approximate surface area is 205 Å². The molecule has 0 spiro atoms. The number of carbonyl (C=O) groups excluding carboxylic acids is 2. The van der Waals surface area contributed by atoms with Gasteiger partial charge in [0.1, 0.15) is 13.2 Å². The summed E-state index contributed by atoms with van der Waals surface area (Å²) >= 11 is 0. The van der Waals surface area contributed by atoms with E-state index in [2.05, 4.69) is 10.0 Å². The highest BCUT2D eigenvalue weighted by Crippen LogP contribution is 2.27. The van der Waals surface area contributed by atoms with Crippen molar-refractivity contribution in [2.24, 2.45) is 10.5 Å². The minimum Gasteiger partial charge on any atom is -0.460 e. The van der Waals surface area contributed by atoms with Crippen molar-refractivity contribution in [1.29, 1.82) is 0 Å². The molecule has 0 aliphatic rings. The predicted octanol–water partition coefficient (Wildman–Crippen LogP) is 3.75. The zero-order chi connectivity index (χ0) is 26.3. The summed E-state index contributed by atoms with van der Waals surface area (Å²) in [5.74, 6) is -1.11. The van der Waals surface area contributed by atoms with E-state index in [1.807, 2.05) is 30.3 Å². The molecule has 0 heterocycles. The SMILES string of the molecule is CC(C)OC(=O)OCCOC(=O)[C@H](OCc1ccccc1)C(C)(C)COS(=O)(=O)CCCN=[N+]=[N-]. The van der Waals surface area contributed by atoms with Crippen molar-refractivity contribution < 1.29 is 41.1 Å². The van der Waals surface area contributed by atoms with Crippen molar-refractivity contribution in [1.82, 2.24) is 0 Å². The fourth-order valence-corrected chi connectivity index (χ4v) is 3.75. The molecule has 1 atom stereocenters. The second-order valence-corrected chi connectivity index (χ2v) is 10.2. The van der Waals surface area contributed by atoms with Gasteiger partial charge in [0, 0.05) is 16.9 Å². The molecule has 1 aromatic rings. The summed E-state index contributed by atoms with van der Waals surface area (Å²) < 4.78 is 50.2. The molecule has 0 saturated heterocycles.